The fourth-order valence-electron chi connectivity index (χ4n) is 3.31. The Hall–Kier alpha value is -2.84. The summed E-state index contributed by atoms with van der Waals surface area (Å²) in [6, 6.07) is 8.19. The zero-order chi connectivity index (χ0) is 21.7. The maximum absolute atomic E-state index is 13.6. The zero-order valence-corrected chi connectivity index (χ0v) is 15.9. The second-order valence-electron chi connectivity index (χ2n) is 6.98. The minimum absolute atomic E-state index is 0.000487. The van der Waals surface area contributed by atoms with Gasteiger partial charge in [0.15, 0.2) is 23.7 Å². The summed E-state index contributed by atoms with van der Waals surface area (Å²) >= 11 is 0. The molecular weight excluding hydrogens is 401 g/mol. The average Bonchev–Trinajstić information content (AvgIpc) is 2.72. The van der Waals surface area contributed by atoms with E-state index in [1.54, 1.807) is 24.3 Å². The molecule has 1 fully saturated rings. The van der Waals surface area contributed by atoms with Crippen molar-refractivity contribution in [3.05, 3.63) is 77.1 Å². The molecule has 1 aliphatic rings. The van der Waals surface area contributed by atoms with E-state index in [1.165, 1.54) is 6.07 Å². The Morgan fingerprint density at radius 3 is 2.50 bits per heavy atom. The largest absolute Gasteiger partial charge is 0.508 e. The van der Waals surface area contributed by atoms with Gasteiger partial charge in [-0.05, 0) is 31.0 Å². The first-order valence-corrected chi connectivity index (χ1v) is 9.43. The zero-order valence-electron chi connectivity index (χ0n) is 15.9. The van der Waals surface area contributed by atoms with E-state index < -0.39 is 35.8 Å². The second-order valence-corrected chi connectivity index (χ2v) is 6.98. The topological polar surface area (TPSA) is 76.0 Å². The van der Waals surface area contributed by atoms with Gasteiger partial charge in [-0.2, -0.15) is 0 Å². The van der Waals surface area contributed by atoms with E-state index in [-0.39, 0.29) is 30.3 Å². The van der Waals surface area contributed by atoms with Gasteiger partial charge in [0.2, 0.25) is 0 Å². The summed E-state index contributed by atoms with van der Waals surface area (Å²) < 4.78 is 52.1. The quantitative estimate of drug-likeness (QED) is 0.484. The van der Waals surface area contributed by atoms with Crippen molar-refractivity contribution in [3.63, 3.8) is 0 Å². The third kappa shape index (κ3) is 5.20. The number of carboxylic acid groups (broad SMARTS) is 1. The SMILES string of the molecule is O=C(O)CC/C=C\C[C@@H]1CO[C@H](c2cc(F)c(F)c(F)c2)O[C@@H]1c1ccccc1O. The smallest absolute Gasteiger partial charge is 0.303 e. The highest BCUT2D eigenvalue weighted by atomic mass is 19.2. The van der Waals surface area contributed by atoms with Crippen LogP contribution in [0, 0.1) is 23.4 Å². The van der Waals surface area contributed by atoms with Crippen LogP contribution in [-0.4, -0.2) is 22.8 Å². The van der Waals surface area contributed by atoms with Gasteiger partial charge in [0, 0.05) is 23.5 Å². The number of carbonyl (C=O) groups is 1. The molecule has 8 heteroatoms. The van der Waals surface area contributed by atoms with E-state index in [4.69, 9.17) is 14.6 Å². The van der Waals surface area contributed by atoms with Crippen LogP contribution in [0.4, 0.5) is 13.2 Å². The number of hydrogen-bond donors (Lipinski definition) is 2. The number of phenolic OH excluding ortho intramolecular Hbond substituents is 1. The normalized spacial score (nSPS) is 21.8. The Morgan fingerprint density at radius 1 is 1.13 bits per heavy atom. The molecule has 0 unspecified atom stereocenters. The molecule has 2 aromatic rings. The van der Waals surface area contributed by atoms with Crippen LogP contribution in [0.3, 0.4) is 0 Å². The van der Waals surface area contributed by atoms with Gasteiger partial charge < -0.3 is 19.7 Å². The maximum atomic E-state index is 13.6. The average molecular weight is 422 g/mol. The van der Waals surface area contributed by atoms with Crippen LogP contribution in [0.1, 0.15) is 42.8 Å². The number of phenols is 1. The first kappa shape index (κ1) is 21.9. The minimum atomic E-state index is -1.57. The predicted molar refractivity (Wildman–Crippen MR) is 101 cm³/mol. The summed E-state index contributed by atoms with van der Waals surface area (Å²) in [7, 11) is 0. The number of ether oxygens (including phenoxy) is 2. The highest BCUT2D eigenvalue weighted by Gasteiger charge is 2.35. The lowest BCUT2D eigenvalue weighted by atomic mass is 9.91. The Kier molecular flexibility index (Phi) is 7.12. The number of para-hydroxylation sites is 1. The van der Waals surface area contributed by atoms with Gasteiger partial charge in [-0.15, -0.1) is 0 Å². The van der Waals surface area contributed by atoms with E-state index >= 15 is 0 Å². The predicted octanol–water partition coefficient (Wildman–Crippen LogP) is 5.02. The van der Waals surface area contributed by atoms with Crippen LogP contribution < -0.4 is 0 Å². The molecule has 1 saturated heterocycles. The van der Waals surface area contributed by atoms with Crippen LogP contribution in [0.25, 0.3) is 0 Å². The van der Waals surface area contributed by atoms with Crippen LogP contribution in [0.15, 0.2) is 48.6 Å². The summed E-state index contributed by atoms with van der Waals surface area (Å²) in [6.45, 7) is 0.146. The van der Waals surface area contributed by atoms with E-state index in [9.17, 15) is 23.1 Å². The van der Waals surface area contributed by atoms with Gasteiger partial charge in [-0.25, -0.2) is 13.2 Å². The number of rotatable bonds is 7. The van der Waals surface area contributed by atoms with Gasteiger partial charge in [-0.3, -0.25) is 4.79 Å². The van der Waals surface area contributed by atoms with Gasteiger partial charge in [0.05, 0.1) is 12.7 Å². The van der Waals surface area contributed by atoms with Crippen molar-refractivity contribution in [2.24, 2.45) is 5.92 Å². The first-order valence-electron chi connectivity index (χ1n) is 9.43. The molecule has 0 amide bonds. The molecule has 3 rings (SSSR count). The number of hydrogen-bond acceptors (Lipinski definition) is 4. The van der Waals surface area contributed by atoms with Crippen molar-refractivity contribution < 1.29 is 37.7 Å². The highest BCUT2D eigenvalue weighted by molar-refractivity contribution is 5.66. The summed E-state index contributed by atoms with van der Waals surface area (Å²) in [5, 5.41) is 19.0. The van der Waals surface area contributed by atoms with Gasteiger partial charge >= 0.3 is 5.97 Å². The monoisotopic (exact) mass is 422 g/mol. The molecule has 30 heavy (non-hydrogen) atoms. The molecule has 0 aliphatic carbocycles. The Labute approximate surface area is 171 Å². The van der Waals surface area contributed by atoms with Crippen molar-refractivity contribution in [1.29, 1.82) is 0 Å². The lowest BCUT2D eigenvalue weighted by Gasteiger charge is -2.37. The van der Waals surface area contributed by atoms with E-state index in [0.29, 0.717) is 18.4 Å². The number of halogens is 3. The third-order valence-electron chi connectivity index (χ3n) is 4.81. The lowest BCUT2D eigenvalue weighted by molar-refractivity contribution is -0.244. The van der Waals surface area contributed by atoms with Gasteiger partial charge in [0.1, 0.15) is 5.75 Å². The molecule has 2 aromatic carbocycles. The standard InChI is InChI=1S/C22H21F3O5/c23-16-10-14(11-17(24)20(16)25)22-29-12-13(6-2-1-3-9-19(27)28)21(30-22)15-7-4-5-8-18(15)26/h1-2,4-5,7-8,10-11,13,21-22,26H,3,6,9,12H2,(H,27,28)/b2-1-/t13-,21+,22+/m1/s1. The van der Waals surface area contributed by atoms with Crippen molar-refractivity contribution in [2.45, 2.75) is 31.7 Å². The van der Waals surface area contributed by atoms with Crippen molar-refractivity contribution >= 4 is 5.97 Å². The fraction of sp³-hybridized carbons (Fsp3) is 0.318. The molecule has 0 aromatic heterocycles. The number of benzene rings is 2. The summed E-state index contributed by atoms with van der Waals surface area (Å²) in [5.74, 6) is -5.40. The Balaban J connectivity index is 1.81. The third-order valence-corrected chi connectivity index (χ3v) is 4.81. The van der Waals surface area contributed by atoms with Gasteiger partial charge in [0.25, 0.3) is 0 Å². The number of aliphatic carboxylic acids is 1. The molecule has 1 aliphatic heterocycles. The van der Waals surface area contributed by atoms with Crippen LogP contribution in [0.2, 0.25) is 0 Å². The van der Waals surface area contributed by atoms with Crippen molar-refractivity contribution in [3.8, 4) is 5.75 Å². The Bertz CT molecular complexity index is 908. The summed E-state index contributed by atoms with van der Waals surface area (Å²) in [4.78, 5) is 10.6. The van der Waals surface area contributed by atoms with Crippen LogP contribution >= 0.6 is 0 Å². The molecule has 3 atom stereocenters. The minimum Gasteiger partial charge on any atom is -0.508 e. The van der Waals surface area contributed by atoms with Crippen LogP contribution in [-0.2, 0) is 14.3 Å². The highest BCUT2D eigenvalue weighted by Crippen LogP contribution is 2.42. The first-order chi connectivity index (χ1) is 14.4. The number of allylic oxidation sites excluding steroid dienone is 2. The summed E-state index contributed by atoms with van der Waals surface area (Å²) in [5.41, 5.74) is 0.472. The molecule has 5 nitrogen and oxygen atoms in total. The molecule has 0 radical (unpaired) electrons. The molecule has 1 heterocycles. The van der Waals surface area contributed by atoms with E-state index in [0.717, 1.165) is 12.1 Å². The molecule has 0 spiro atoms. The van der Waals surface area contributed by atoms with Crippen molar-refractivity contribution in [2.75, 3.05) is 6.61 Å². The Morgan fingerprint density at radius 2 is 1.83 bits per heavy atom. The lowest BCUT2D eigenvalue weighted by Crippen LogP contribution is -2.30. The van der Waals surface area contributed by atoms with Crippen molar-refractivity contribution in [1.82, 2.24) is 0 Å². The molecule has 160 valence electrons. The van der Waals surface area contributed by atoms with Crippen LogP contribution in [0.5, 0.6) is 5.75 Å². The number of carboxylic acids is 1. The maximum Gasteiger partial charge on any atom is 0.303 e. The van der Waals surface area contributed by atoms with E-state index in [2.05, 4.69) is 0 Å². The number of aromatic hydroxyl groups is 1. The van der Waals surface area contributed by atoms with Gasteiger partial charge in [-0.1, -0.05) is 30.4 Å². The molecular formula is C22H21F3O5. The molecule has 0 saturated carbocycles. The fourth-order valence-corrected chi connectivity index (χ4v) is 3.31. The van der Waals surface area contributed by atoms with E-state index in [1.807, 2.05) is 6.08 Å². The summed E-state index contributed by atoms with van der Waals surface area (Å²) in [6.07, 6.45) is 2.61. The molecule has 0 bridgehead atoms. The molecule has 2 N–H and O–H groups in total. The second kappa shape index (κ2) is 9.77.